The van der Waals surface area contributed by atoms with E-state index in [0.717, 1.165) is 12.1 Å². The minimum Gasteiger partial charge on any atom is -0.313 e. The second-order valence-electron chi connectivity index (χ2n) is 3.67. The molecule has 0 aliphatic rings. The quantitative estimate of drug-likeness (QED) is 0.809. The molecule has 0 spiro atoms. The third-order valence-electron chi connectivity index (χ3n) is 2.41. The van der Waals surface area contributed by atoms with Gasteiger partial charge in [0.05, 0.1) is 0 Å². The molecule has 1 aromatic rings. The molecule has 1 nitrogen and oxygen atoms in total. The molecule has 1 unspecified atom stereocenters. The lowest BCUT2D eigenvalue weighted by atomic mass is 10.0. The maximum atomic E-state index is 12.9. The van der Waals surface area contributed by atoms with Crippen LogP contribution in [0.5, 0.6) is 0 Å². The highest BCUT2D eigenvalue weighted by molar-refractivity contribution is 5.21. The normalized spacial score (nSPS) is 13.8. The molecule has 1 rings (SSSR count). The van der Waals surface area contributed by atoms with Gasteiger partial charge in [0.15, 0.2) is 11.6 Å². The van der Waals surface area contributed by atoms with Crippen LogP contribution in [0.15, 0.2) is 18.2 Å². The Hall–Kier alpha value is -1.17. The van der Waals surface area contributed by atoms with Gasteiger partial charge in [-0.25, -0.2) is 8.78 Å². The van der Waals surface area contributed by atoms with Gasteiger partial charge in [0.1, 0.15) is 0 Å². The summed E-state index contributed by atoms with van der Waals surface area (Å²) < 4.78 is 61.7. The Morgan fingerprint density at radius 3 is 2.29 bits per heavy atom. The lowest BCUT2D eigenvalue weighted by Crippen LogP contribution is -2.19. The highest BCUT2D eigenvalue weighted by Crippen LogP contribution is 2.27. The largest absolute Gasteiger partial charge is 0.389 e. The third-order valence-corrected chi connectivity index (χ3v) is 2.41. The molecule has 0 aromatic heterocycles. The Morgan fingerprint density at radius 1 is 1.18 bits per heavy atom. The first-order valence-corrected chi connectivity index (χ1v) is 5.02. The Balaban J connectivity index is 2.76. The van der Waals surface area contributed by atoms with Crippen LogP contribution >= 0.6 is 0 Å². The van der Waals surface area contributed by atoms with Crippen molar-refractivity contribution in [3.8, 4) is 0 Å². The molecular weight excluding hydrogens is 241 g/mol. The van der Waals surface area contributed by atoms with E-state index in [-0.39, 0.29) is 6.42 Å². The smallest absolute Gasteiger partial charge is 0.313 e. The number of benzene rings is 1. The highest BCUT2D eigenvalue weighted by atomic mass is 19.4. The van der Waals surface area contributed by atoms with E-state index in [4.69, 9.17) is 0 Å². The van der Waals surface area contributed by atoms with Crippen molar-refractivity contribution in [2.24, 2.45) is 0 Å². The molecule has 1 N–H and O–H groups in total. The van der Waals surface area contributed by atoms with Crippen molar-refractivity contribution in [3.05, 3.63) is 35.4 Å². The second kappa shape index (κ2) is 5.44. The maximum Gasteiger partial charge on any atom is 0.389 e. The average molecular weight is 253 g/mol. The molecule has 0 heterocycles. The molecule has 0 aliphatic carbocycles. The summed E-state index contributed by atoms with van der Waals surface area (Å²) in [6.07, 6.45) is -5.45. The summed E-state index contributed by atoms with van der Waals surface area (Å²) in [5.41, 5.74) is 0.302. The van der Waals surface area contributed by atoms with Gasteiger partial charge in [-0.1, -0.05) is 6.07 Å². The van der Waals surface area contributed by atoms with Gasteiger partial charge < -0.3 is 5.32 Å². The number of halogens is 5. The first-order chi connectivity index (χ1) is 7.83. The molecule has 0 bridgehead atoms. The molecular formula is C11H12F5N. The Kier molecular flexibility index (Phi) is 4.45. The topological polar surface area (TPSA) is 12.0 Å². The van der Waals surface area contributed by atoms with Gasteiger partial charge >= 0.3 is 6.18 Å². The summed E-state index contributed by atoms with van der Waals surface area (Å²) in [5, 5.41) is 2.65. The van der Waals surface area contributed by atoms with Crippen LogP contribution in [0.1, 0.15) is 24.4 Å². The van der Waals surface area contributed by atoms with Crippen LogP contribution in [0.2, 0.25) is 0 Å². The number of alkyl halides is 3. The van der Waals surface area contributed by atoms with Gasteiger partial charge in [-0.15, -0.1) is 0 Å². The third kappa shape index (κ3) is 4.30. The predicted octanol–water partition coefficient (Wildman–Crippen LogP) is 3.57. The van der Waals surface area contributed by atoms with E-state index < -0.39 is 30.3 Å². The molecule has 1 atom stereocenters. The van der Waals surface area contributed by atoms with E-state index in [9.17, 15) is 22.0 Å². The lowest BCUT2D eigenvalue weighted by Gasteiger charge is -2.17. The fourth-order valence-electron chi connectivity index (χ4n) is 1.51. The summed E-state index contributed by atoms with van der Waals surface area (Å²) in [7, 11) is 1.47. The zero-order valence-electron chi connectivity index (χ0n) is 9.11. The van der Waals surface area contributed by atoms with Crippen molar-refractivity contribution in [3.63, 3.8) is 0 Å². The summed E-state index contributed by atoms with van der Waals surface area (Å²) >= 11 is 0. The monoisotopic (exact) mass is 253 g/mol. The minimum absolute atomic E-state index is 0.217. The molecule has 0 radical (unpaired) electrons. The maximum absolute atomic E-state index is 12.9. The molecule has 0 amide bonds. The van der Waals surface area contributed by atoms with Crippen molar-refractivity contribution < 1.29 is 22.0 Å². The van der Waals surface area contributed by atoms with Crippen LogP contribution in [0.3, 0.4) is 0 Å². The first kappa shape index (κ1) is 13.9. The van der Waals surface area contributed by atoms with Gasteiger partial charge in [0, 0.05) is 12.5 Å². The molecule has 0 saturated carbocycles. The number of hydrogen-bond acceptors (Lipinski definition) is 1. The van der Waals surface area contributed by atoms with Crippen LogP contribution in [0, 0.1) is 11.6 Å². The van der Waals surface area contributed by atoms with E-state index >= 15 is 0 Å². The minimum atomic E-state index is -4.26. The van der Waals surface area contributed by atoms with Crippen molar-refractivity contribution in [2.45, 2.75) is 25.1 Å². The number of hydrogen-bond donors (Lipinski definition) is 1. The zero-order chi connectivity index (χ0) is 13.1. The molecule has 0 fully saturated rings. The molecule has 96 valence electrons. The Morgan fingerprint density at radius 2 is 1.82 bits per heavy atom. The molecule has 17 heavy (non-hydrogen) atoms. The van der Waals surface area contributed by atoms with Gasteiger partial charge in [-0.3, -0.25) is 0 Å². The Bertz CT molecular complexity index is 375. The van der Waals surface area contributed by atoms with Crippen LogP contribution < -0.4 is 5.32 Å². The zero-order valence-corrected chi connectivity index (χ0v) is 9.11. The van der Waals surface area contributed by atoms with Crippen LogP contribution in [-0.2, 0) is 0 Å². The standard InChI is InChI=1S/C11H12F5N/c1-17-10(4-5-11(14,15)16)7-2-3-8(12)9(13)6-7/h2-3,6,10,17H,4-5H2,1H3. The summed E-state index contributed by atoms with van der Waals surface area (Å²) in [6.45, 7) is 0. The van der Waals surface area contributed by atoms with Gasteiger partial charge in [0.25, 0.3) is 0 Å². The lowest BCUT2D eigenvalue weighted by molar-refractivity contribution is -0.136. The SMILES string of the molecule is CNC(CCC(F)(F)F)c1ccc(F)c(F)c1. The van der Waals surface area contributed by atoms with Gasteiger partial charge in [-0.05, 0) is 31.2 Å². The van der Waals surface area contributed by atoms with E-state index in [1.54, 1.807) is 0 Å². The first-order valence-electron chi connectivity index (χ1n) is 5.02. The molecule has 0 aliphatic heterocycles. The van der Waals surface area contributed by atoms with E-state index in [1.165, 1.54) is 13.1 Å². The summed E-state index contributed by atoms with van der Waals surface area (Å²) in [5.74, 6) is -2.07. The van der Waals surface area contributed by atoms with E-state index in [0.29, 0.717) is 5.56 Å². The second-order valence-corrected chi connectivity index (χ2v) is 3.67. The summed E-state index contributed by atoms with van der Waals surface area (Å²) in [4.78, 5) is 0. The van der Waals surface area contributed by atoms with Crippen molar-refractivity contribution >= 4 is 0 Å². The molecule has 6 heteroatoms. The van der Waals surface area contributed by atoms with Gasteiger partial charge in [-0.2, -0.15) is 13.2 Å². The molecule has 1 aromatic carbocycles. The van der Waals surface area contributed by atoms with Gasteiger partial charge in [0.2, 0.25) is 0 Å². The van der Waals surface area contributed by atoms with Crippen LogP contribution in [0.4, 0.5) is 22.0 Å². The Labute approximate surface area is 95.6 Å². The fourth-order valence-corrected chi connectivity index (χ4v) is 1.51. The van der Waals surface area contributed by atoms with Crippen LogP contribution in [0.25, 0.3) is 0 Å². The predicted molar refractivity (Wildman–Crippen MR) is 53.4 cm³/mol. The summed E-state index contributed by atoms with van der Waals surface area (Å²) in [6, 6.07) is 2.44. The van der Waals surface area contributed by atoms with Crippen LogP contribution in [-0.4, -0.2) is 13.2 Å². The molecule has 0 saturated heterocycles. The fraction of sp³-hybridized carbons (Fsp3) is 0.455. The van der Waals surface area contributed by atoms with Crippen molar-refractivity contribution in [1.29, 1.82) is 0 Å². The average Bonchev–Trinajstić information content (AvgIpc) is 2.22. The van der Waals surface area contributed by atoms with Crippen molar-refractivity contribution in [1.82, 2.24) is 5.32 Å². The van der Waals surface area contributed by atoms with E-state index in [2.05, 4.69) is 5.32 Å². The van der Waals surface area contributed by atoms with E-state index in [1.807, 2.05) is 0 Å². The number of rotatable bonds is 4. The highest BCUT2D eigenvalue weighted by Gasteiger charge is 2.28. The number of nitrogens with one attached hydrogen (secondary N) is 1. The van der Waals surface area contributed by atoms with Crippen molar-refractivity contribution in [2.75, 3.05) is 7.05 Å².